The minimum atomic E-state index is -1.09. The molecule has 2 aliphatic heterocycles. The lowest BCUT2D eigenvalue weighted by Crippen LogP contribution is -2.47. The van der Waals surface area contributed by atoms with Gasteiger partial charge in [-0.2, -0.15) is 0 Å². The third-order valence-electron chi connectivity index (χ3n) is 5.15. The van der Waals surface area contributed by atoms with Crippen molar-refractivity contribution >= 4 is 6.08 Å². The Labute approximate surface area is 144 Å². The van der Waals surface area contributed by atoms with E-state index in [2.05, 4.69) is 32.3 Å². The van der Waals surface area contributed by atoms with Gasteiger partial charge in [0.25, 0.3) is 5.97 Å². The third kappa shape index (κ3) is 3.40. The zero-order valence-electron chi connectivity index (χ0n) is 14.9. The van der Waals surface area contributed by atoms with E-state index in [9.17, 15) is 0 Å². The van der Waals surface area contributed by atoms with Crippen LogP contribution in [0.4, 0.5) is 0 Å². The highest BCUT2D eigenvalue weighted by atomic mass is 16.9. The Morgan fingerprint density at radius 1 is 1.29 bits per heavy atom. The number of pyridine rings is 1. The van der Waals surface area contributed by atoms with Gasteiger partial charge in [-0.25, -0.2) is 0 Å². The Morgan fingerprint density at radius 2 is 2.08 bits per heavy atom. The summed E-state index contributed by atoms with van der Waals surface area (Å²) in [5.41, 5.74) is 1.80. The first kappa shape index (κ1) is 17.5. The minimum absolute atomic E-state index is 0.103. The van der Waals surface area contributed by atoms with Crippen molar-refractivity contribution in [2.24, 2.45) is 11.8 Å². The Bertz CT molecular complexity index is 575. The molecule has 1 aromatic rings. The van der Waals surface area contributed by atoms with Crippen LogP contribution in [0.25, 0.3) is 6.08 Å². The first-order valence-corrected chi connectivity index (χ1v) is 8.68. The molecule has 6 atom stereocenters. The highest BCUT2D eigenvalue weighted by molar-refractivity contribution is 5.41. The van der Waals surface area contributed by atoms with E-state index in [1.807, 2.05) is 12.1 Å². The number of aromatic nitrogens is 1. The first-order valence-electron chi connectivity index (χ1n) is 8.68. The maximum atomic E-state index is 6.09. The lowest BCUT2D eigenvalue weighted by Gasteiger charge is -2.39. The van der Waals surface area contributed by atoms with Crippen LogP contribution in [0.3, 0.4) is 0 Å². The second-order valence-corrected chi connectivity index (χ2v) is 6.82. The normalized spacial score (nSPS) is 38.8. The van der Waals surface area contributed by atoms with Crippen LogP contribution in [-0.2, 0) is 25.6 Å². The van der Waals surface area contributed by atoms with Gasteiger partial charge < -0.3 is 14.2 Å². The topological polar surface area (TPSA) is 49.8 Å². The van der Waals surface area contributed by atoms with E-state index in [0.717, 1.165) is 17.7 Å². The number of fused-ring (bicyclic) bond motifs is 1. The standard InChI is InChI=1S/C19H27NO4/c1-6-15-9-8-14(10-20-15)11-21-19(5)23-17-13(4)12(3)16(7-2)22-18(17)24-19/h6,8-10,12-13,16-18H,1,7,11H2,2-5H3/t12-,13-,16?,17?,18+,19?/m0/s1. The smallest absolute Gasteiger partial charge is 0.282 e. The summed E-state index contributed by atoms with van der Waals surface area (Å²) in [7, 11) is 0. The number of hydrogen-bond donors (Lipinski definition) is 0. The molecule has 3 heterocycles. The molecule has 3 rings (SSSR count). The van der Waals surface area contributed by atoms with Crippen molar-refractivity contribution in [1.82, 2.24) is 4.98 Å². The van der Waals surface area contributed by atoms with Crippen LogP contribution in [0.1, 0.15) is 45.4 Å². The molecule has 0 bridgehead atoms. The summed E-state index contributed by atoms with van der Waals surface area (Å²) < 4.78 is 24.0. The van der Waals surface area contributed by atoms with E-state index in [1.165, 1.54) is 0 Å². The molecule has 0 amide bonds. The molecule has 0 aromatic carbocycles. The van der Waals surface area contributed by atoms with Crippen LogP contribution < -0.4 is 0 Å². The minimum Gasteiger partial charge on any atom is -0.346 e. The van der Waals surface area contributed by atoms with Crippen molar-refractivity contribution in [3.8, 4) is 0 Å². The number of rotatable bonds is 5. The zero-order chi connectivity index (χ0) is 17.3. The molecule has 3 unspecified atom stereocenters. The van der Waals surface area contributed by atoms with Gasteiger partial charge in [0.1, 0.15) is 6.10 Å². The molecule has 0 N–H and O–H groups in total. The molecule has 2 saturated heterocycles. The van der Waals surface area contributed by atoms with Gasteiger partial charge in [0.05, 0.1) is 18.4 Å². The molecule has 132 valence electrons. The SMILES string of the molecule is C=Cc1ccc(COC2(C)OC3[C@H](OC(CC)[C@@H](C)[C@@H]3C)O2)cn1. The second-order valence-electron chi connectivity index (χ2n) is 6.82. The molecule has 5 nitrogen and oxygen atoms in total. The van der Waals surface area contributed by atoms with Crippen molar-refractivity contribution in [3.63, 3.8) is 0 Å². The number of nitrogens with zero attached hydrogens (tertiary/aromatic N) is 1. The van der Waals surface area contributed by atoms with Gasteiger partial charge in [0, 0.05) is 13.1 Å². The molecular formula is C19H27NO4. The quantitative estimate of drug-likeness (QED) is 0.821. The fraction of sp³-hybridized carbons (Fsp3) is 0.632. The van der Waals surface area contributed by atoms with Crippen molar-refractivity contribution < 1.29 is 18.9 Å². The molecule has 0 spiro atoms. The monoisotopic (exact) mass is 333 g/mol. The van der Waals surface area contributed by atoms with Gasteiger partial charge in [0.15, 0.2) is 6.29 Å². The number of ether oxygens (including phenoxy) is 4. The maximum absolute atomic E-state index is 6.09. The average molecular weight is 333 g/mol. The van der Waals surface area contributed by atoms with Crippen LogP contribution >= 0.6 is 0 Å². The molecular weight excluding hydrogens is 306 g/mol. The summed E-state index contributed by atoms with van der Waals surface area (Å²) in [4.78, 5) is 4.28. The predicted octanol–water partition coefficient (Wildman–Crippen LogP) is 3.74. The molecule has 5 heteroatoms. The molecule has 2 fully saturated rings. The third-order valence-corrected chi connectivity index (χ3v) is 5.15. The van der Waals surface area contributed by atoms with E-state index in [-0.39, 0.29) is 18.5 Å². The maximum Gasteiger partial charge on any atom is 0.282 e. The molecule has 0 radical (unpaired) electrons. The largest absolute Gasteiger partial charge is 0.346 e. The zero-order valence-corrected chi connectivity index (χ0v) is 14.9. The Hall–Kier alpha value is -1.27. The average Bonchev–Trinajstić information content (AvgIpc) is 2.94. The van der Waals surface area contributed by atoms with Crippen LogP contribution in [0.2, 0.25) is 0 Å². The Morgan fingerprint density at radius 3 is 2.71 bits per heavy atom. The predicted molar refractivity (Wildman–Crippen MR) is 90.8 cm³/mol. The fourth-order valence-electron chi connectivity index (χ4n) is 3.40. The summed E-state index contributed by atoms with van der Waals surface area (Å²) in [6.07, 6.45) is 4.18. The van der Waals surface area contributed by atoms with Crippen LogP contribution in [0.5, 0.6) is 0 Å². The fourth-order valence-corrected chi connectivity index (χ4v) is 3.40. The van der Waals surface area contributed by atoms with Gasteiger partial charge >= 0.3 is 0 Å². The van der Waals surface area contributed by atoms with Crippen LogP contribution in [-0.4, -0.2) is 29.5 Å². The highest BCUT2D eigenvalue weighted by Gasteiger charge is 2.53. The van der Waals surface area contributed by atoms with E-state index in [4.69, 9.17) is 18.9 Å². The molecule has 0 saturated carbocycles. The second kappa shape index (κ2) is 6.92. The Balaban J connectivity index is 1.63. The van der Waals surface area contributed by atoms with E-state index >= 15 is 0 Å². The van der Waals surface area contributed by atoms with Gasteiger partial charge in [-0.05, 0) is 36.0 Å². The van der Waals surface area contributed by atoms with E-state index in [0.29, 0.717) is 18.4 Å². The van der Waals surface area contributed by atoms with Crippen molar-refractivity contribution in [1.29, 1.82) is 0 Å². The number of hydrogen-bond acceptors (Lipinski definition) is 5. The van der Waals surface area contributed by atoms with Gasteiger partial charge in [-0.15, -0.1) is 0 Å². The van der Waals surface area contributed by atoms with Crippen molar-refractivity contribution in [2.45, 2.75) is 65.2 Å². The van der Waals surface area contributed by atoms with Crippen LogP contribution in [0, 0.1) is 11.8 Å². The van der Waals surface area contributed by atoms with Gasteiger partial charge in [0.2, 0.25) is 0 Å². The van der Waals surface area contributed by atoms with Crippen molar-refractivity contribution in [3.05, 3.63) is 36.2 Å². The van der Waals surface area contributed by atoms with E-state index < -0.39 is 5.97 Å². The van der Waals surface area contributed by atoms with Gasteiger partial charge in [-0.1, -0.05) is 33.4 Å². The lowest BCUT2D eigenvalue weighted by molar-refractivity contribution is -0.348. The molecule has 2 aliphatic rings. The summed E-state index contributed by atoms with van der Waals surface area (Å²) in [6, 6.07) is 3.87. The van der Waals surface area contributed by atoms with Crippen LogP contribution in [0.15, 0.2) is 24.9 Å². The first-order chi connectivity index (χ1) is 11.5. The molecule has 24 heavy (non-hydrogen) atoms. The summed E-state index contributed by atoms with van der Waals surface area (Å²) in [5, 5.41) is 0. The highest BCUT2D eigenvalue weighted by Crippen LogP contribution is 2.42. The summed E-state index contributed by atoms with van der Waals surface area (Å²) in [5.74, 6) is -0.311. The van der Waals surface area contributed by atoms with Gasteiger partial charge in [-0.3, -0.25) is 9.72 Å². The molecule has 1 aromatic heterocycles. The summed E-state index contributed by atoms with van der Waals surface area (Å²) in [6.45, 7) is 12.4. The summed E-state index contributed by atoms with van der Waals surface area (Å²) >= 11 is 0. The van der Waals surface area contributed by atoms with E-state index in [1.54, 1.807) is 19.2 Å². The van der Waals surface area contributed by atoms with Crippen molar-refractivity contribution in [2.75, 3.05) is 0 Å². The molecule has 0 aliphatic carbocycles. The Kier molecular flexibility index (Phi) is 5.06. The lowest BCUT2D eigenvalue weighted by atomic mass is 9.83.